The average molecular weight is 663 g/mol. The number of ketones is 1. The van der Waals surface area contributed by atoms with E-state index in [0.29, 0.717) is 38.2 Å². The van der Waals surface area contributed by atoms with Crippen molar-refractivity contribution in [3.8, 4) is 10.7 Å². The highest BCUT2D eigenvalue weighted by molar-refractivity contribution is 7.13. The number of carbonyl (C=O) groups excluding carboxylic acids is 3. The van der Waals surface area contributed by atoms with Gasteiger partial charge in [0.25, 0.3) is 5.67 Å². The first-order valence-electron chi connectivity index (χ1n) is 16.2. The first kappa shape index (κ1) is 35.9. The van der Waals surface area contributed by atoms with Gasteiger partial charge in [-0.15, -0.1) is 16.4 Å². The minimum atomic E-state index is -2.87. The van der Waals surface area contributed by atoms with Crippen LogP contribution >= 0.6 is 11.3 Å². The third-order valence-electron chi connectivity index (χ3n) is 9.87. The number of unbranched alkanes of at least 4 members (excludes halogenated alkanes) is 1. The van der Waals surface area contributed by atoms with Gasteiger partial charge >= 0.3 is 12.1 Å². The Morgan fingerprint density at radius 1 is 1.20 bits per heavy atom. The summed E-state index contributed by atoms with van der Waals surface area (Å²) in [5.74, 6) is -2.39. The molecule has 0 saturated carbocycles. The molecule has 12 nitrogen and oxygen atoms in total. The molecule has 8 atom stereocenters. The number of methoxy groups -OCH3 is 1. The molecule has 0 spiro atoms. The molecule has 1 N–H and O–H groups in total. The highest BCUT2D eigenvalue weighted by Crippen LogP contribution is 2.40. The summed E-state index contributed by atoms with van der Waals surface area (Å²) in [4.78, 5) is 45.9. The van der Waals surface area contributed by atoms with Crippen molar-refractivity contribution >= 4 is 37.0 Å². The lowest BCUT2D eigenvalue weighted by Crippen LogP contribution is -2.61. The molecule has 46 heavy (non-hydrogen) atoms. The van der Waals surface area contributed by atoms with Crippen molar-refractivity contribution in [3.05, 3.63) is 17.8 Å². The Balaban J connectivity index is 1.56. The van der Waals surface area contributed by atoms with Gasteiger partial charge in [0.05, 0.1) is 17.8 Å². The maximum absolute atomic E-state index is 15.9. The first-order chi connectivity index (χ1) is 21.7. The third-order valence-corrected chi connectivity index (χ3v) is 10.7. The summed E-state index contributed by atoms with van der Waals surface area (Å²) in [6.07, 6.45) is 4.07. The molecule has 2 saturated heterocycles. The van der Waals surface area contributed by atoms with Crippen LogP contribution in [0.2, 0.25) is 5.82 Å². The number of halogens is 1. The average Bonchev–Trinajstić information content (AvgIpc) is 3.76. The van der Waals surface area contributed by atoms with Gasteiger partial charge in [-0.25, -0.2) is 19.0 Å². The number of rotatable bonds is 8. The molecule has 15 heteroatoms. The summed E-state index contributed by atoms with van der Waals surface area (Å²) in [7, 11) is 3.42. The zero-order valence-electron chi connectivity index (χ0n) is 28.2. The zero-order chi connectivity index (χ0) is 33.9. The smallest absolute Gasteiger partial charge is 0.410 e. The molecule has 0 aliphatic carbocycles. The van der Waals surface area contributed by atoms with E-state index in [1.165, 1.54) is 11.3 Å². The topological polar surface area (TPSA) is 138 Å². The Morgan fingerprint density at radius 2 is 1.91 bits per heavy atom. The number of hydrogen-bond acceptors (Lipinski definition) is 11. The van der Waals surface area contributed by atoms with Crippen LogP contribution in [0.3, 0.4) is 0 Å². The van der Waals surface area contributed by atoms with Crippen molar-refractivity contribution in [3.63, 3.8) is 0 Å². The van der Waals surface area contributed by atoms with Gasteiger partial charge in [-0.05, 0) is 71.7 Å². The van der Waals surface area contributed by atoms with Crippen LogP contribution in [0.4, 0.5) is 9.18 Å². The van der Waals surface area contributed by atoms with E-state index < -0.39 is 46.9 Å². The molecule has 2 aromatic rings. The van der Waals surface area contributed by atoms with Crippen molar-refractivity contribution in [2.45, 2.75) is 121 Å². The normalized spacial score (nSPS) is 34.8. The van der Waals surface area contributed by atoms with Gasteiger partial charge in [-0.3, -0.25) is 14.4 Å². The number of carbonyl (C=O) groups is 3. The summed E-state index contributed by atoms with van der Waals surface area (Å²) >= 11 is 1.49. The first-order valence-corrected chi connectivity index (χ1v) is 17.1. The molecular formula is C31H48BFN6O6S. The van der Waals surface area contributed by atoms with Gasteiger partial charge in [0.15, 0.2) is 11.4 Å². The minimum absolute atomic E-state index is 0.112. The van der Waals surface area contributed by atoms with Crippen LogP contribution in [0.15, 0.2) is 17.8 Å². The molecule has 2 fully saturated rings. The molecule has 0 unspecified atom stereocenters. The van der Waals surface area contributed by atoms with Crippen LogP contribution in [-0.4, -0.2) is 106 Å². The predicted molar refractivity (Wildman–Crippen MR) is 174 cm³/mol. The fraction of sp³-hybridized carbons (Fsp3) is 0.742. The molecule has 0 aromatic carbocycles. The van der Waals surface area contributed by atoms with Crippen LogP contribution in [0.25, 0.3) is 10.7 Å². The number of cyclic esters (lactones) is 1. The Hall–Kier alpha value is -2.91. The fourth-order valence-electron chi connectivity index (χ4n) is 6.79. The SMILES string of the molecule is B[C@@H]1CC(=O)[C@](C)(F)C(=O)O[C@H](CC)[C@@]2(C)OC(=O)N(CCCCn3cc(-c4nccs4)nn3)[C@@H]2[C@@H](C)NC[C@H](C)C[C@@]1(C)OC. The van der Waals surface area contributed by atoms with E-state index >= 15 is 4.39 Å². The summed E-state index contributed by atoms with van der Waals surface area (Å²) in [6, 6.07) is -0.829. The second kappa shape index (κ2) is 14.5. The summed E-state index contributed by atoms with van der Waals surface area (Å²) < 4.78 is 35.4. The number of alkyl halides is 1. The molecule has 0 radical (unpaired) electrons. The van der Waals surface area contributed by atoms with Crippen molar-refractivity contribution in [1.82, 2.24) is 30.2 Å². The molecule has 0 bridgehead atoms. The van der Waals surface area contributed by atoms with E-state index in [2.05, 4.69) is 27.5 Å². The number of ether oxygens (including phenoxy) is 3. The number of thiazole rings is 1. The standard InChI is InChI=1S/C31H48BFN6O6S/c1-8-24-31(6)25(39(28(42)45-31)13-10-9-12-38-18-21(36-37-38)26-34-11-14-46-26)20(3)35-17-19(2)16-29(4,43-7)22(32)15-23(40)30(5,33)27(41)44-24/h11,14,18-20,22,24-25,35H,8-10,12-13,15-17,32H2,1-7H3/t19-,20-,22-,24-,25-,29-,30+,31-/m1/s1. The van der Waals surface area contributed by atoms with Crippen LogP contribution in [-0.2, 0) is 30.3 Å². The third kappa shape index (κ3) is 7.46. The van der Waals surface area contributed by atoms with Crippen molar-refractivity contribution in [2.75, 3.05) is 20.2 Å². The van der Waals surface area contributed by atoms with Crippen LogP contribution in [0, 0.1) is 5.92 Å². The van der Waals surface area contributed by atoms with E-state index in [4.69, 9.17) is 14.2 Å². The number of Topliss-reactive ketones (excluding diaryl/α,β-unsaturated/α-hetero) is 1. The maximum atomic E-state index is 15.9. The maximum Gasteiger partial charge on any atom is 0.410 e. The van der Waals surface area contributed by atoms with Gasteiger partial charge in [0.2, 0.25) is 0 Å². The Kier molecular flexibility index (Phi) is 11.3. The second-order valence-corrected chi connectivity index (χ2v) is 14.4. The number of aromatic nitrogens is 4. The van der Waals surface area contributed by atoms with E-state index in [1.807, 2.05) is 33.3 Å². The fourth-order valence-corrected chi connectivity index (χ4v) is 7.37. The Morgan fingerprint density at radius 3 is 2.57 bits per heavy atom. The molecule has 2 aliphatic rings. The monoisotopic (exact) mass is 662 g/mol. The largest absolute Gasteiger partial charge is 0.455 e. The number of nitrogens with one attached hydrogen (secondary N) is 1. The minimum Gasteiger partial charge on any atom is -0.455 e. The van der Waals surface area contributed by atoms with Gasteiger partial charge in [0.1, 0.15) is 24.7 Å². The number of hydrogen-bond donors (Lipinski definition) is 1. The van der Waals surface area contributed by atoms with Crippen molar-refractivity contribution in [2.24, 2.45) is 5.92 Å². The van der Waals surface area contributed by atoms with Crippen molar-refractivity contribution in [1.29, 1.82) is 0 Å². The second-order valence-electron chi connectivity index (χ2n) is 13.5. The number of amides is 1. The van der Waals surface area contributed by atoms with Gasteiger partial charge in [0, 0.05) is 44.2 Å². The van der Waals surface area contributed by atoms with Gasteiger partial charge in [-0.1, -0.05) is 19.1 Å². The Bertz CT molecular complexity index is 1360. The molecule has 2 aromatic heterocycles. The number of nitrogens with zero attached hydrogens (tertiary/aromatic N) is 5. The quantitative estimate of drug-likeness (QED) is 0.193. The molecule has 2 aliphatic heterocycles. The molecule has 4 heterocycles. The highest BCUT2D eigenvalue weighted by Gasteiger charge is 2.59. The van der Waals surface area contributed by atoms with E-state index in [-0.39, 0.29) is 30.6 Å². The van der Waals surface area contributed by atoms with Gasteiger partial charge in [-0.2, -0.15) is 0 Å². The molecular weight excluding hydrogens is 614 g/mol. The zero-order valence-corrected chi connectivity index (χ0v) is 29.1. The number of fused-ring (bicyclic) bond motifs is 1. The van der Waals surface area contributed by atoms with E-state index in [1.54, 1.807) is 36.7 Å². The lowest BCUT2D eigenvalue weighted by atomic mass is 9.67. The number of esters is 1. The summed E-state index contributed by atoms with van der Waals surface area (Å²) in [6.45, 7) is 12.0. The van der Waals surface area contributed by atoms with E-state index in [0.717, 1.165) is 18.4 Å². The summed E-state index contributed by atoms with van der Waals surface area (Å²) in [5, 5.41) is 14.7. The lowest BCUT2D eigenvalue weighted by molar-refractivity contribution is -0.178. The van der Waals surface area contributed by atoms with Crippen LogP contribution < -0.4 is 5.32 Å². The van der Waals surface area contributed by atoms with Crippen molar-refractivity contribution < 1.29 is 33.0 Å². The van der Waals surface area contributed by atoms with E-state index in [9.17, 15) is 14.4 Å². The lowest BCUT2D eigenvalue weighted by Gasteiger charge is -2.41. The number of aryl methyl sites for hydroxylation is 1. The van der Waals surface area contributed by atoms with Gasteiger partial charge < -0.3 is 19.5 Å². The van der Waals surface area contributed by atoms with Crippen LogP contribution in [0.1, 0.15) is 73.6 Å². The highest BCUT2D eigenvalue weighted by atomic mass is 32.1. The Labute approximate surface area is 275 Å². The predicted octanol–water partition coefficient (Wildman–Crippen LogP) is 3.62. The van der Waals surface area contributed by atoms with Crippen LogP contribution in [0.5, 0.6) is 0 Å². The molecule has 254 valence electrons. The molecule has 1 amide bonds. The molecule has 4 rings (SSSR count). The summed E-state index contributed by atoms with van der Waals surface area (Å²) in [5.41, 5.74) is -4.20.